The minimum absolute atomic E-state index is 0.267. The standard InChI is InChI=1S/C11H20N2O/c1-9-3-6-13(7-4-9)11(14)10-2-5-12-8-10/h9-10,12H,2-8H2,1H3/t10-/m1/s1. The van der Waals surface area contributed by atoms with Crippen LogP contribution in [-0.2, 0) is 4.79 Å². The van der Waals surface area contributed by atoms with Crippen LogP contribution in [0.5, 0.6) is 0 Å². The van der Waals surface area contributed by atoms with E-state index in [1.165, 1.54) is 12.8 Å². The maximum Gasteiger partial charge on any atom is 0.227 e. The van der Waals surface area contributed by atoms with E-state index >= 15 is 0 Å². The van der Waals surface area contributed by atoms with Gasteiger partial charge in [0.1, 0.15) is 0 Å². The van der Waals surface area contributed by atoms with Crippen LogP contribution in [0.15, 0.2) is 0 Å². The summed E-state index contributed by atoms with van der Waals surface area (Å²) in [6, 6.07) is 0. The molecule has 2 fully saturated rings. The van der Waals surface area contributed by atoms with Crippen LogP contribution in [0.1, 0.15) is 26.2 Å². The van der Waals surface area contributed by atoms with Crippen molar-refractivity contribution >= 4 is 5.91 Å². The highest BCUT2D eigenvalue weighted by atomic mass is 16.2. The summed E-state index contributed by atoms with van der Waals surface area (Å²) in [6.07, 6.45) is 3.41. The second-order valence-electron chi connectivity index (χ2n) is 4.70. The van der Waals surface area contributed by atoms with Gasteiger partial charge in [0.2, 0.25) is 5.91 Å². The molecule has 80 valence electrons. The van der Waals surface area contributed by atoms with E-state index < -0.39 is 0 Å². The van der Waals surface area contributed by atoms with Crippen LogP contribution in [0.25, 0.3) is 0 Å². The third kappa shape index (κ3) is 2.08. The molecule has 2 aliphatic heterocycles. The SMILES string of the molecule is CC1CCN(C(=O)[C@@H]2CCNC2)CC1. The quantitative estimate of drug-likeness (QED) is 0.674. The van der Waals surface area contributed by atoms with E-state index in [2.05, 4.69) is 17.1 Å². The van der Waals surface area contributed by atoms with Gasteiger partial charge >= 0.3 is 0 Å². The average molecular weight is 196 g/mol. The Labute approximate surface area is 85.8 Å². The van der Waals surface area contributed by atoms with Gasteiger partial charge in [-0.2, -0.15) is 0 Å². The normalized spacial score (nSPS) is 29.5. The van der Waals surface area contributed by atoms with Gasteiger partial charge in [-0.15, -0.1) is 0 Å². The zero-order valence-corrected chi connectivity index (χ0v) is 8.96. The van der Waals surface area contributed by atoms with Gasteiger partial charge in [-0.1, -0.05) is 6.92 Å². The van der Waals surface area contributed by atoms with E-state index in [4.69, 9.17) is 0 Å². The number of hydrogen-bond donors (Lipinski definition) is 1. The number of amides is 1. The smallest absolute Gasteiger partial charge is 0.227 e. The summed E-state index contributed by atoms with van der Waals surface area (Å²) in [6.45, 7) is 6.15. The number of carbonyl (C=O) groups excluding carboxylic acids is 1. The van der Waals surface area contributed by atoms with Crippen LogP contribution in [0, 0.1) is 11.8 Å². The molecule has 0 aromatic carbocycles. The first-order chi connectivity index (χ1) is 6.77. The van der Waals surface area contributed by atoms with Crippen molar-refractivity contribution in [3.05, 3.63) is 0 Å². The van der Waals surface area contributed by atoms with Gasteiger partial charge in [0.25, 0.3) is 0 Å². The molecule has 0 aliphatic carbocycles. The fraction of sp³-hybridized carbons (Fsp3) is 0.909. The first-order valence-corrected chi connectivity index (χ1v) is 5.77. The van der Waals surface area contributed by atoms with Crippen LogP contribution < -0.4 is 5.32 Å². The van der Waals surface area contributed by atoms with Crippen LogP contribution >= 0.6 is 0 Å². The fourth-order valence-corrected chi connectivity index (χ4v) is 2.35. The number of hydrogen-bond acceptors (Lipinski definition) is 2. The van der Waals surface area contributed by atoms with Crippen molar-refractivity contribution in [1.82, 2.24) is 10.2 Å². The zero-order chi connectivity index (χ0) is 9.97. The Bertz CT molecular complexity index is 203. The average Bonchev–Trinajstić information content (AvgIpc) is 2.71. The zero-order valence-electron chi connectivity index (χ0n) is 8.96. The molecule has 0 unspecified atom stereocenters. The van der Waals surface area contributed by atoms with E-state index in [1.54, 1.807) is 0 Å². The Morgan fingerprint density at radius 3 is 2.57 bits per heavy atom. The summed E-state index contributed by atoms with van der Waals surface area (Å²) >= 11 is 0. The first kappa shape index (κ1) is 9.97. The minimum Gasteiger partial charge on any atom is -0.342 e. The summed E-state index contributed by atoms with van der Waals surface area (Å²) < 4.78 is 0. The predicted molar refractivity (Wildman–Crippen MR) is 56.0 cm³/mol. The Kier molecular flexibility index (Phi) is 3.06. The van der Waals surface area contributed by atoms with Gasteiger partial charge < -0.3 is 10.2 Å². The van der Waals surface area contributed by atoms with Gasteiger partial charge in [-0.3, -0.25) is 4.79 Å². The second-order valence-corrected chi connectivity index (χ2v) is 4.70. The van der Waals surface area contributed by atoms with Crippen molar-refractivity contribution in [2.45, 2.75) is 26.2 Å². The van der Waals surface area contributed by atoms with Crippen molar-refractivity contribution in [2.24, 2.45) is 11.8 Å². The third-order valence-corrected chi connectivity index (χ3v) is 3.50. The monoisotopic (exact) mass is 196 g/mol. The van der Waals surface area contributed by atoms with Gasteiger partial charge in [-0.05, 0) is 31.7 Å². The van der Waals surface area contributed by atoms with E-state index in [0.29, 0.717) is 5.91 Å². The predicted octanol–water partition coefficient (Wildman–Crippen LogP) is 0.854. The minimum atomic E-state index is 0.267. The molecule has 2 saturated heterocycles. The molecule has 0 aromatic heterocycles. The Morgan fingerprint density at radius 1 is 1.29 bits per heavy atom. The van der Waals surface area contributed by atoms with Gasteiger partial charge in [0.05, 0.1) is 5.92 Å². The molecule has 1 atom stereocenters. The van der Waals surface area contributed by atoms with E-state index in [-0.39, 0.29) is 5.92 Å². The molecular formula is C11H20N2O. The highest BCUT2D eigenvalue weighted by Gasteiger charge is 2.28. The maximum absolute atomic E-state index is 12.0. The van der Waals surface area contributed by atoms with Crippen LogP contribution in [0.2, 0.25) is 0 Å². The fourth-order valence-electron chi connectivity index (χ4n) is 2.35. The van der Waals surface area contributed by atoms with Gasteiger partial charge in [-0.25, -0.2) is 0 Å². The summed E-state index contributed by atoms with van der Waals surface area (Å²) in [4.78, 5) is 14.1. The Hall–Kier alpha value is -0.570. The topological polar surface area (TPSA) is 32.3 Å². The molecular weight excluding hydrogens is 176 g/mol. The molecule has 0 spiro atoms. The molecule has 0 aromatic rings. The largest absolute Gasteiger partial charge is 0.342 e. The highest BCUT2D eigenvalue weighted by Crippen LogP contribution is 2.19. The molecule has 0 radical (unpaired) electrons. The Balaban J connectivity index is 1.85. The van der Waals surface area contributed by atoms with Crippen molar-refractivity contribution in [3.8, 4) is 0 Å². The second kappa shape index (κ2) is 4.30. The van der Waals surface area contributed by atoms with Crippen molar-refractivity contribution in [2.75, 3.05) is 26.2 Å². The van der Waals surface area contributed by atoms with Crippen LogP contribution in [0.4, 0.5) is 0 Å². The van der Waals surface area contributed by atoms with E-state index in [9.17, 15) is 4.79 Å². The van der Waals surface area contributed by atoms with E-state index in [1.807, 2.05) is 0 Å². The lowest BCUT2D eigenvalue weighted by Gasteiger charge is -2.32. The summed E-state index contributed by atoms with van der Waals surface area (Å²) in [7, 11) is 0. The summed E-state index contributed by atoms with van der Waals surface area (Å²) in [5.74, 6) is 1.46. The van der Waals surface area contributed by atoms with Crippen molar-refractivity contribution in [3.63, 3.8) is 0 Å². The first-order valence-electron chi connectivity index (χ1n) is 5.77. The molecule has 2 heterocycles. The molecule has 1 N–H and O–H groups in total. The van der Waals surface area contributed by atoms with Crippen molar-refractivity contribution < 1.29 is 4.79 Å². The van der Waals surface area contributed by atoms with E-state index in [0.717, 1.165) is 38.5 Å². The molecule has 3 nitrogen and oxygen atoms in total. The maximum atomic E-state index is 12.0. The lowest BCUT2D eigenvalue weighted by Crippen LogP contribution is -2.41. The number of rotatable bonds is 1. The highest BCUT2D eigenvalue weighted by molar-refractivity contribution is 5.79. The molecule has 2 rings (SSSR count). The van der Waals surface area contributed by atoms with Crippen molar-refractivity contribution in [1.29, 1.82) is 0 Å². The Morgan fingerprint density at radius 2 is 2.00 bits per heavy atom. The summed E-state index contributed by atoms with van der Waals surface area (Å²) in [5, 5.41) is 3.25. The molecule has 3 heteroatoms. The number of nitrogens with zero attached hydrogens (tertiary/aromatic N) is 1. The molecule has 14 heavy (non-hydrogen) atoms. The molecule has 1 amide bonds. The number of likely N-dealkylation sites (tertiary alicyclic amines) is 1. The van der Waals surface area contributed by atoms with Gasteiger partial charge in [0, 0.05) is 19.6 Å². The lowest BCUT2D eigenvalue weighted by atomic mass is 9.97. The number of carbonyl (C=O) groups is 1. The third-order valence-electron chi connectivity index (χ3n) is 3.50. The molecule has 0 bridgehead atoms. The number of nitrogens with one attached hydrogen (secondary N) is 1. The number of piperidine rings is 1. The molecule has 0 saturated carbocycles. The lowest BCUT2D eigenvalue weighted by molar-refractivity contribution is -0.136. The summed E-state index contributed by atoms with van der Waals surface area (Å²) in [5.41, 5.74) is 0. The molecule has 2 aliphatic rings. The van der Waals surface area contributed by atoms with Crippen LogP contribution in [0.3, 0.4) is 0 Å². The van der Waals surface area contributed by atoms with Gasteiger partial charge in [0.15, 0.2) is 0 Å². The van der Waals surface area contributed by atoms with Crippen LogP contribution in [-0.4, -0.2) is 37.0 Å².